The number of halogens is 2. The molecule has 1 radical (unpaired) electrons. The Balaban J connectivity index is -0.000000213. The first-order valence-electron chi connectivity index (χ1n) is 2.83. The van der Waals surface area contributed by atoms with E-state index in [9.17, 15) is 0 Å². The minimum absolute atomic E-state index is 0. The van der Waals surface area contributed by atoms with Crippen molar-refractivity contribution in [1.29, 1.82) is 0 Å². The van der Waals surface area contributed by atoms with Crippen molar-refractivity contribution in [3.8, 4) is 0 Å². The zero-order valence-electron chi connectivity index (χ0n) is 6.35. The maximum Gasteiger partial charge on any atom is 3.00 e. The maximum absolute atomic E-state index is 4.01. The molecule has 0 unspecified atom stereocenters. The fourth-order valence-electron chi connectivity index (χ4n) is 0.812. The summed E-state index contributed by atoms with van der Waals surface area (Å²) < 4.78 is 0. The zero-order valence-corrected chi connectivity index (χ0v) is 10.3. The molecule has 0 saturated heterocycles. The normalized spacial score (nSPS) is 12.3. The molecule has 0 aromatic rings. The van der Waals surface area contributed by atoms with Gasteiger partial charge in [-0.1, -0.05) is 23.8 Å². The van der Waals surface area contributed by atoms with E-state index in [1.165, 1.54) is 5.57 Å². The van der Waals surface area contributed by atoms with Crippen molar-refractivity contribution < 1.29 is 51.0 Å². The molecular formula is C7H10Cl2NZr. The van der Waals surface area contributed by atoms with E-state index in [2.05, 4.69) is 23.5 Å². The Morgan fingerprint density at radius 1 is 1.45 bits per heavy atom. The van der Waals surface area contributed by atoms with Crippen molar-refractivity contribution >= 4 is 0 Å². The molecule has 0 heterocycles. The van der Waals surface area contributed by atoms with E-state index in [1.54, 1.807) is 0 Å². The molecule has 11 heavy (non-hydrogen) atoms. The van der Waals surface area contributed by atoms with Gasteiger partial charge in [-0.05, 0) is 6.42 Å². The third kappa shape index (κ3) is 7.27. The first-order valence-corrected chi connectivity index (χ1v) is 2.83. The number of nitrogens with zero attached hydrogens (tertiary/aromatic N) is 1. The quantitative estimate of drug-likeness (QED) is 0.484. The van der Waals surface area contributed by atoms with Crippen LogP contribution >= 0.6 is 0 Å². The largest absolute Gasteiger partial charge is 3.00 e. The van der Waals surface area contributed by atoms with Crippen LogP contribution < -0.4 is 24.8 Å². The van der Waals surface area contributed by atoms with Gasteiger partial charge in [-0.2, -0.15) is 7.05 Å². The molecule has 0 atom stereocenters. The van der Waals surface area contributed by atoms with Gasteiger partial charge in [0.05, 0.1) is 0 Å². The minimum atomic E-state index is 0. The number of likely N-dealkylation sites (N-methyl/N-ethyl adjacent to an activating group) is 1. The predicted octanol–water partition coefficient (Wildman–Crippen LogP) is -4.12. The van der Waals surface area contributed by atoms with Gasteiger partial charge in [0.1, 0.15) is 0 Å². The molecule has 0 N–H and O–H groups in total. The SMILES string of the molecule is C[N-]CC1=CC=CC1.[Cl-].[Cl-].[Zr+3]. The molecular weight excluding hydrogens is 260 g/mol. The predicted molar refractivity (Wildman–Crippen MR) is 36.0 cm³/mol. The van der Waals surface area contributed by atoms with Crippen LogP contribution in [-0.4, -0.2) is 13.6 Å². The van der Waals surface area contributed by atoms with Gasteiger partial charge >= 0.3 is 26.2 Å². The van der Waals surface area contributed by atoms with Gasteiger partial charge in [-0.25, -0.2) is 0 Å². The minimum Gasteiger partial charge on any atom is -1.00 e. The summed E-state index contributed by atoms with van der Waals surface area (Å²) >= 11 is 0. The fraction of sp³-hybridized carbons (Fsp3) is 0.429. The van der Waals surface area contributed by atoms with Crippen LogP contribution in [0, 0.1) is 0 Å². The van der Waals surface area contributed by atoms with Crippen molar-refractivity contribution in [1.82, 2.24) is 0 Å². The molecule has 61 valence electrons. The van der Waals surface area contributed by atoms with Crippen molar-refractivity contribution in [3.63, 3.8) is 0 Å². The molecule has 1 nitrogen and oxygen atoms in total. The smallest absolute Gasteiger partial charge is 1.00 e. The number of hydrogen-bond donors (Lipinski definition) is 0. The molecule has 1 aliphatic rings. The van der Waals surface area contributed by atoms with E-state index in [1.807, 2.05) is 7.05 Å². The maximum atomic E-state index is 4.01. The average molecular weight is 270 g/mol. The van der Waals surface area contributed by atoms with Crippen LogP contribution in [0.15, 0.2) is 23.8 Å². The van der Waals surface area contributed by atoms with Gasteiger partial charge in [0.15, 0.2) is 0 Å². The monoisotopic (exact) mass is 268 g/mol. The molecule has 0 aliphatic heterocycles. The number of hydrogen-bond acceptors (Lipinski definition) is 0. The van der Waals surface area contributed by atoms with Crippen LogP contribution in [0.3, 0.4) is 0 Å². The van der Waals surface area contributed by atoms with E-state index in [-0.39, 0.29) is 51.0 Å². The molecule has 1 rings (SSSR count). The topological polar surface area (TPSA) is 14.1 Å². The zero-order chi connectivity index (χ0) is 5.82. The standard InChI is InChI=1S/C7H10N.2ClH.Zr/c1-8-6-7-4-2-3-5-7;;;/h2-4H,5-6H2,1H3;2*1H;/q-1;;;+3/p-2. The molecule has 4 heteroatoms. The summed E-state index contributed by atoms with van der Waals surface area (Å²) in [6.45, 7) is 0.910. The summed E-state index contributed by atoms with van der Waals surface area (Å²) in [5.74, 6) is 0. The van der Waals surface area contributed by atoms with Gasteiger partial charge < -0.3 is 30.1 Å². The summed E-state index contributed by atoms with van der Waals surface area (Å²) in [6.07, 6.45) is 7.48. The molecule has 0 saturated carbocycles. The van der Waals surface area contributed by atoms with Gasteiger partial charge in [0, 0.05) is 0 Å². The third-order valence-electron chi connectivity index (χ3n) is 1.21. The fourth-order valence-corrected chi connectivity index (χ4v) is 0.812. The summed E-state index contributed by atoms with van der Waals surface area (Å²) in [5.41, 5.74) is 1.42. The number of rotatable bonds is 2. The second kappa shape index (κ2) is 10.9. The van der Waals surface area contributed by atoms with Gasteiger partial charge in [0.25, 0.3) is 0 Å². The second-order valence-electron chi connectivity index (χ2n) is 1.93. The van der Waals surface area contributed by atoms with Crippen LogP contribution in [0.4, 0.5) is 0 Å². The molecule has 0 amide bonds. The molecule has 0 aromatic carbocycles. The number of allylic oxidation sites excluding steroid dienone is 3. The third-order valence-corrected chi connectivity index (χ3v) is 1.21. The first-order chi connectivity index (χ1) is 3.93. The van der Waals surface area contributed by atoms with Crippen molar-refractivity contribution in [2.75, 3.05) is 13.6 Å². The van der Waals surface area contributed by atoms with Crippen LogP contribution in [-0.2, 0) is 26.2 Å². The summed E-state index contributed by atoms with van der Waals surface area (Å²) in [7, 11) is 1.85. The van der Waals surface area contributed by atoms with Crippen molar-refractivity contribution in [2.45, 2.75) is 6.42 Å². The van der Waals surface area contributed by atoms with E-state index < -0.39 is 0 Å². The van der Waals surface area contributed by atoms with Crippen LogP contribution in [0.5, 0.6) is 0 Å². The van der Waals surface area contributed by atoms with Crippen LogP contribution in [0.2, 0.25) is 0 Å². The van der Waals surface area contributed by atoms with E-state index in [0.29, 0.717) is 0 Å². The van der Waals surface area contributed by atoms with Gasteiger partial charge in [-0.3, -0.25) is 0 Å². The van der Waals surface area contributed by atoms with Gasteiger partial charge in [-0.15, -0.1) is 6.54 Å². The summed E-state index contributed by atoms with van der Waals surface area (Å²) in [5, 5.41) is 4.01. The van der Waals surface area contributed by atoms with Crippen LogP contribution in [0.25, 0.3) is 5.32 Å². The Bertz CT molecular complexity index is 134. The van der Waals surface area contributed by atoms with Crippen LogP contribution in [0.1, 0.15) is 6.42 Å². The summed E-state index contributed by atoms with van der Waals surface area (Å²) in [6, 6.07) is 0. The molecule has 0 bridgehead atoms. The van der Waals surface area contributed by atoms with Gasteiger partial charge in [0.2, 0.25) is 0 Å². The molecule has 0 aromatic heterocycles. The first kappa shape index (κ1) is 17.9. The Labute approximate surface area is 99.6 Å². The Morgan fingerprint density at radius 2 is 2.09 bits per heavy atom. The average Bonchev–Trinajstić information content (AvgIpc) is 2.19. The Morgan fingerprint density at radius 3 is 2.45 bits per heavy atom. The van der Waals surface area contributed by atoms with Crippen molar-refractivity contribution in [3.05, 3.63) is 29.1 Å². The van der Waals surface area contributed by atoms with E-state index in [4.69, 9.17) is 0 Å². The summed E-state index contributed by atoms with van der Waals surface area (Å²) in [4.78, 5) is 0. The molecule has 0 spiro atoms. The Kier molecular flexibility index (Phi) is 17.7. The van der Waals surface area contributed by atoms with E-state index >= 15 is 0 Å². The molecule has 0 fully saturated rings. The van der Waals surface area contributed by atoms with Crippen molar-refractivity contribution in [2.24, 2.45) is 0 Å². The van der Waals surface area contributed by atoms with E-state index in [0.717, 1.165) is 13.0 Å². The molecule has 1 aliphatic carbocycles. The Hall–Kier alpha value is 0.903. The second-order valence-corrected chi connectivity index (χ2v) is 1.93.